The smallest absolute Gasteiger partial charge is 0.303 e. The molecule has 1 aromatic heterocycles. The molecule has 2 N–H and O–H groups in total. The zero-order valence-corrected chi connectivity index (χ0v) is 11.9. The minimum Gasteiger partial charge on any atom is -0.496 e. The number of carboxylic acid groups (broad SMARTS) is 1. The van der Waals surface area contributed by atoms with E-state index < -0.39 is 5.97 Å². The molecule has 5 nitrogen and oxygen atoms in total. The summed E-state index contributed by atoms with van der Waals surface area (Å²) in [4.78, 5) is 10.6. The van der Waals surface area contributed by atoms with Crippen molar-refractivity contribution in [3.05, 3.63) is 35.0 Å². The lowest BCUT2D eigenvalue weighted by atomic mass is 10.0. The predicted molar refractivity (Wildman–Crippen MR) is 76.0 cm³/mol. The van der Waals surface area contributed by atoms with Gasteiger partial charge >= 0.3 is 5.97 Å². The number of H-pyrrole nitrogens is 1. The molecular formula is C15H18N2O3. The number of hydrogen-bond acceptors (Lipinski definition) is 3. The Kier molecular flexibility index (Phi) is 4.08. The maximum absolute atomic E-state index is 10.6. The van der Waals surface area contributed by atoms with E-state index in [2.05, 4.69) is 16.3 Å². The Hall–Kier alpha value is -2.30. The van der Waals surface area contributed by atoms with Crippen LogP contribution in [-0.4, -0.2) is 28.4 Å². The molecule has 0 saturated carbocycles. The molecule has 0 bridgehead atoms. The van der Waals surface area contributed by atoms with Crippen LogP contribution >= 0.6 is 0 Å². The summed E-state index contributed by atoms with van der Waals surface area (Å²) in [5.41, 5.74) is 4.69. The molecule has 2 rings (SSSR count). The van der Waals surface area contributed by atoms with Crippen LogP contribution in [0.15, 0.2) is 18.2 Å². The maximum Gasteiger partial charge on any atom is 0.303 e. The first kappa shape index (κ1) is 14.1. The quantitative estimate of drug-likeness (QED) is 0.879. The minimum absolute atomic E-state index is 0.0889. The Balaban J connectivity index is 2.34. The number of ether oxygens (including phenoxy) is 1. The molecular weight excluding hydrogens is 256 g/mol. The van der Waals surface area contributed by atoms with E-state index in [9.17, 15) is 4.79 Å². The number of aryl methyl sites for hydroxylation is 3. The molecule has 0 aliphatic heterocycles. The molecule has 0 fully saturated rings. The van der Waals surface area contributed by atoms with Crippen molar-refractivity contribution >= 4 is 5.97 Å². The maximum atomic E-state index is 10.6. The van der Waals surface area contributed by atoms with Gasteiger partial charge in [0.15, 0.2) is 0 Å². The van der Waals surface area contributed by atoms with Gasteiger partial charge in [0.25, 0.3) is 0 Å². The highest BCUT2D eigenvalue weighted by atomic mass is 16.5. The third kappa shape index (κ3) is 2.99. The Morgan fingerprint density at radius 3 is 2.75 bits per heavy atom. The van der Waals surface area contributed by atoms with Crippen LogP contribution < -0.4 is 4.74 Å². The Morgan fingerprint density at radius 1 is 1.35 bits per heavy atom. The highest BCUT2D eigenvalue weighted by Gasteiger charge is 2.13. The number of benzene rings is 1. The number of rotatable bonds is 5. The van der Waals surface area contributed by atoms with Gasteiger partial charge in [0, 0.05) is 11.3 Å². The first-order valence-electron chi connectivity index (χ1n) is 6.43. The van der Waals surface area contributed by atoms with Crippen LogP contribution in [0.1, 0.15) is 23.2 Å². The van der Waals surface area contributed by atoms with E-state index in [4.69, 9.17) is 9.84 Å². The Bertz CT molecular complexity index is 632. The van der Waals surface area contributed by atoms with Gasteiger partial charge in [-0.2, -0.15) is 5.10 Å². The number of carboxylic acids is 1. The number of aromatic nitrogens is 2. The number of aliphatic carboxylic acids is 1. The van der Waals surface area contributed by atoms with Crippen LogP contribution in [0.4, 0.5) is 0 Å². The van der Waals surface area contributed by atoms with Crippen molar-refractivity contribution in [2.24, 2.45) is 0 Å². The molecule has 106 valence electrons. The van der Waals surface area contributed by atoms with E-state index in [1.165, 1.54) is 0 Å². The van der Waals surface area contributed by atoms with Crippen LogP contribution in [0.2, 0.25) is 0 Å². The van der Waals surface area contributed by atoms with Gasteiger partial charge in [0.05, 0.1) is 19.2 Å². The average Bonchev–Trinajstić information content (AvgIpc) is 2.84. The summed E-state index contributed by atoms with van der Waals surface area (Å²) < 4.78 is 5.44. The molecule has 20 heavy (non-hydrogen) atoms. The number of carbonyl (C=O) groups is 1. The van der Waals surface area contributed by atoms with Crippen LogP contribution in [0.3, 0.4) is 0 Å². The predicted octanol–water partition coefficient (Wildman–Crippen LogP) is 2.72. The monoisotopic (exact) mass is 274 g/mol. The van der Waals surface area contributed by atoms with Crippen molar-refractivity contribution in [3.8, 4) is 17.0 Å². The molecule has 1 heterocycles. The summed E-state index contributed by atoms with van der Waals surface area (Å²) in [6.07, 6.45) is 0.529. The van der Waals surface area contributed by atoms with Crippen LogP contribution in [0.25, 0.3) is 11.3 Å². The van der Waals surface area contributed by atoms with Gasteiger partial charge in [-0.25, -0.2) is 0 Å². The van der Waals surface area contributed by atoms with E-state index in [-0.39, 0.29) is 6.42 Å². The van der Waals surface area contributed by atoms with Gasteiger partial charge in [-0.1, -0.05) is 6.07 Å². The number of hydrogen-bond donors (Lipinski definition) is 2. The summed E-state index contributed by atoms with van der Waals surface area (Å²) in [6, 6.07) is 5.95. The first-order valence-corrected chi connectivity index (χ1v) is 6.43. The minimum atomic E-state index is -0.815. The molecule has 2 aromatic rings. The molecule has 0 unspecified atom stereocenters. The van der Waals surface area contributed by atoms with Crippen LogP contribution in [0, 0.1) is 13.8 Å². The van der Waals surface area contributed by atoms with Crippen molar-refractivity contribution < 1.29 is 14.6 Å². The van der Waals surface area contributed by atoms with E-state index >= 15 is 0 Å². The van der Waals surface area contributed by atoms with Crippen molar-refractivity contribution in [3.63, 3.8) is 0 Å². The average molecular weight is 274 g/mol. The lowest BCUT2D eigenvalue weighted by molar-refractivity contribution is -0.136. The Labute approximate surface area is 117 Å². The van der Waals surface area contributed by atoms with E-state index in [1.807, 2.05) is 26.0 Å². The first-order chi connectivity index (χ1) is 9.51. The van der Waals surface area contributed by atoms with E-state index in [1.54, 1.807) is 7.11 Å². The van der Waals surface area contributed by atoms with Crippen molar-refractivity contribution in [1.29, 1.82) is 0 Å². The summed E-state index contributed by atoms with van der Waals surface area (Å²) in [5.74, 6) is -0.0167. The largest absolute Gasteiger partial charge is 0.496 e. The van der Waals surface area contributed by atoms with Gasteiger partial charge in [-0.3, -0.25) is 9.89 Å². The molecule has 0 amide bonds. The lowest BCUT2D eigenvalue weighted by Gasteiger charge is -2.10. The zero-order chi connectivity index (χ0) is 14.7. The summed E-state index contributed by atoms with van der Waals surface area (Å²) in [5, 5.41) is 15.8. The summed E-state index contributed by atoms with van der Waals surface area (Å²) in [7, 11) is 1.64. The molecule has 0 aliphatic carbocycles. The van der Waals surface area contributed by atoms with Crippen molar-refractivity contribution in [1.82, 2.24) is 10.2 Å². The van der Waals surface area contributed by atoms with Crippen LogP contribution in [0.5, 0.6) is 5.75 Å². The van der Waals surface area contributed by atoms with Gasteiger partial charge in [0.1, 0.15) is 5.75 Å². The third-order valence-electron chi connectivity index (χ3n) is 3.14. The van der Waals surface area contributed by atoms with Gasteiger partial charge in [0.2, 0.25) is 0 Å². The van der Waals surface area contributed by atoms with Gasteiger partial charge in [-0.05, 0) is 43.5 Å². The highest BCUT2D eigenvalue weighted by molar-refractivity contribution is 5.71. The summed E-state index contributed by atoms with van der Waals surface area (Å²) in [6.45, 7) is 4.02. The SMILES string of the molecule is COc1c(C)cc(C)cc1-c1cc(CCC(=O)O)[nH]n1. The molecule has 0 radical (unpaired) electrons. The molecule has 0 spiro atoms. The second-order valence-corrected chi connectivity index (χ2v) is 4.83. The standard InChI is InChI=1S/C15H18N2O3/c1-9-6-10(2)15(20-3)12(7-9)13-8-11(16-17-13)4-5-14(18)19/h6-8H,4-5H2,1-3H3,(H,16,17)(H,18,19). The number of nitrogens with one attached hydrogen (secondary N) is 1. The number of aromatic amines is 1. The summed E-state index contributed by atoms with van der Waals surface area (Å²) >= 11 is 0. The lowest BCUT2D eigenvalue weighted by Crippen LogP contribution is -1.97. The normalized spacial score (nSPS) is 10.6. The van der Waals surface area contributed by atoms with Crippen LogP contribution in [-0.2, 0) is 11.2 Å². The van der Waals surface area contributed by atoms with Gasteiger partial charge in [-0.15, -0.1) is 0 Å². The molecule has 0 aliphatic rings. The zero-order valence-electron chi connectivity index (χ0n) is 11.9. The second-order valence-electron chi connectivity index (χ2n) is 4.83. The van der Waals surface area contributed by atoms with Crippen molar-refractivity contribution in [2.45, 2.75) is 26.7 Å². The van der Waals surface area contributed by atoms with E-state index in [0.29, 0.717) is 6.42 Å². The Morgan fingerprint density at radius 2 is 2.10 bits per heavy atom. The number of methoxy groups -OCH3 is 1. The van der Waals surface area contributed by atoms with E-state index in [0.717, 1.165) is 33.8 Å². The van der Waals surface area contributed by atoms with Crippen molar-refractivity contribution in [2.75, 3.05) is 7.11 Å². The molecule has 0 atom stereocenters. The van der Waals surface area contributed by atoms with Gasteiger partial charge < -0.3 is 9.84 Å². The highest BCUT2D eigenvalue weighted by Crippen LogP contribution is 2.33. The molecule has 0 saturated heterocycles. The molecule has 5 heteroatoms. The topological polar surface area (TPSA) is 75.2 Å². The fraction of sp³-hybridized carbons (Fsp3) is 0.333. The number of nitrogens with zero attached hydrogens (tertiary/aromatic N) is 1. The fourth-order valence-corrected chi connectivity index (χ4v) is 2.28. The molecule has 1 aromatic carbocycles. The second kappa shape index (κ2) is 5.77. The third-order valence-corrected chi connectivity index (χ3v) is 3.14. The fourth-order valence-electron chi connectivity index (χ4n) is 2.28.